The van der Waals surface area contributed by atoms with E-state index in [9.17, 15) is 4.79 Å². The molecule has 4 nitrogen and oxygen atoms in total. The molecule has 1 N–H and O–H groups in total. The average Bonchev–Trinajstić information content (AvgIpc) is 2.53. The van der Waals surface area contributed by atoms with E-state index in [0.29, 0.717) is 5.91 Å². The van der Waals surface area contributed by atoms with E-state index < -0.39 is 0 Å². The van der Waals surface area contributed by atoms with Crippen LogP contribution in [0.2, 0.25) is 0 Å². The summed E-state index contributed by atoms with van der Waals surface area (Å²) in [5, 5.41) is 3.31. The minimum atomic E-state index is 0.365. The molecule has 114 valence electrons. The summed E-state index contributed by atoms with van der Waals surface area (Å²) >= 11 is 0. The highest BCUT2D eigenvalue weighted by molar-refractivity contribution is 5.76. The number of hydrogen-bond acceptors (Lipinski definition) is 3. The monoisotopic (exact) mass is 279 g/mol. The molecular weight excluding hydrogens is 250 g/mol. The number of carbonyl (C=O) groups excluding carboxylic acids is 1. The van der Waals surface area contributed by atoms with Gasteiger partial charge >= 0.3 is 0 Å². The third-order valence-corrected chi connectivity index (χ3v) is 5.44. The van der Waals surface area contributed by atoms with Crippen LogP contribution in [-0.4, -0.2) is 61.0 Å². The van der Waals surface area contributed by atoms with E-state index in [1.165, 1.54) is 45.1 Å². The van der Waals surface area contributed by atoms with Gasteiger partial charge in [-0.1, -0.05) is 12.8 Å². The number of piperidine rings is 1. The van der Waals surface area contributed by atoms with E-state index >= 15 is 0 Å². The quantitative estimate of drug-likeness (QED) is 0.849. The van der Waals surface area contributed by atoms with E-state index in [2.05, 4.69) is 10.2 Å². The molecule has 2 heterocycles. The Morgan fingerprint density at radius 1 is 1.00 bits per heavy atom. The molecular formula is C16H29N3O. The Balaban J connectivity index is 1.48. The Kier molecular flexibility index (Phi) is 4.94. The summed E-state index contributed by atoms with van der Waals surface area (Å²) in [6.07, 6.45) is 9.09. The van der Waals surface area contributed by atoms with Crippen LogP contribution in [-0.2, 0) is 4.79 Å². The highest BCUT2D eigenvalue weighted by Gasteiger charge is 2.33. The summed E-state index contributed by atoms with van der Waals surface area (Å²) in [4.78, 5) is 16.9. The molecule has 1 amide bonds. The van der Waals surface area contributed by atoms with Gasteiger partial charge in [0.2, 0.25) is 5.91 Å². The van der Waals surface area contributed by atoms with Crippen molar-refractivity contribution in [3.63, 3.8) is 0 Å². The summed E-state index contributed by atoms with van der Waals surface area (Å²) in [6.45, 7) is 5.91. The van der Waals surface area contributed by atoms with Gasteiger partial charge in [-0.25, -0.2) is 0 Å². The molecule has 2 aliphatic heterocycles. The number of fused-ring (bicyclic) bond motifs is 1. The van der Waals surface area contributed by atoms with Crippen molar-refractivity contribution in [2.24, 2.45) is 5.92 Å². The smallest absolute Gasteiger partial charge is 0.223 e. The van der Waals surface area contributed by atoms with E-state index in [1.807, 2.05) is 4.90 Å². The number of nitrogens with zero attached hydrogens (tertiary/aromatic N) is 2. The fourth-order valence-electron chi connectivity index (χ4n) is 4.32. The lowest BCUT2D eigenvalue weighted by atomic mass is 9.78. The van der Waals surface area contributed by atoms with E-state index in [4.69, 9.17) is 0 Å². The molecule has 0 aromatic carbocycles. The van der Waals surface area contributed by atoms with E-state index in [1.54, 1.807) is 0 Å². The first-order valence-electron chi connectivity index (χ1n) is 8.57. The van der Waals surface area contributed by atoms with Crippen LogP contribution in [0.15, 0.2) is 0 Å². The minimum absolute atomic E-state index is 0.365. The van der Waals surface area contributed by atoms with Crippen molar-refractivity contribution in [1.82, 2.24) is 15.1 Å². The standard InChI is InChI=1S/C16H29N3O/c20-16(19-12-8-17-9-13-19)7-11-18-10-3-5-14-4-1-2-6-15(14)18/h14-15,17H,1-13H2. The molecule has 3 fully saturated rings. The Labute approximate surface area is 122 Å². The Bertz CT molecular complexity index is 326. The number of hydrogen-bond donors (Lipinski definition) is 1. The van der Waals surface area contributed by atoms with Gasteiger partial charge in [0.1, 0.15) is 0 Å². The van der Waals surface area contributed by atoms with Crippen molar-refractivity contribution < 1.29 is 4.79 Å². The van der Waals surface area contributed by atoms with Crippen LogP contribution in [0.4, 0.5) is 0 Å². The fourth-order valence-corrected chi connectivity index (χ4v) is 4.32. The molecule has 2 saturated heterocycles. The zero-order chi connectivity index (χ0) is 13.8. The van der Waals surface area contributed by atoms with Crippen LogP contribution in [0.1, 0.15) is 44.9 Å². The average molecular weight is 279 g/mol. The summed E-state index contributed by atoms with van der Waals surface area (Å²) in [5.41, 5.74) is 0. The zero-order valence-electron chi connectivity index (χ0n) is 12.6. The van der Waals surface area contributed by atoms with Crippen LogP contribution in [0.3, 0.4) is 0 Å². The summed E-state index contributed by atoms with van der Waals surface area (Å²) in [6, 6.07) is 0.785. The highest BCUT2D eigenvalue weighted by Crippen LogP contribution is 2.35. The molecule has 3 rings (SSSR count). The van der Waals surface area contributed by atoms with E-state index in [0.717, 1.165) is 51.1 Å². The predicted octanol–water partition coefficient (Wildman–Crippen LogP) is 1.46. The molecule has 3 aliphatic rings. The number of rotatable bonds is 3. The second-order valence-electron chi connectivity index (χ2n) is 6.67. The van der Waals surface area contributed by atoms with Gasteiger partial charge in [0.25, 0.3) is 0 Å². The van der Waals surface area contributed by atoms with Crippen molar-refractivity contribution in [3.05, 3.63) is 0 Å². The lowest BCUT2D eigenvalue weighted by Gasteiger charge is -2.44. The molecule has 2 unspecified atom stereocenters. The van der Waals surface area contributed by atoms with Gasteiger partial charge in [-0.05, 0) is 38.1 Å². The van der Waals surface area contributed by atoms with Gasteiger partial charge in [0, 0.05) is 45.2 Å². The van der Waals surface area contributed by atoms with Gasteiger partial charge in [-0.3, -0.25) is 9.69 Å². The number of piperazine rings is 1. The fraction of sp³-hybridized carbons (Fsp3) is 0.938. The molecule has 0 aromatic rings. The van der Waals surface area contributed by atoms with Crippen molar-refractivity contribution in [1.29, 1.82) is 0 Å². The second kappa shape index (κ2) is 6.90. The third kappa shape index (κ3) is 3.34. The maximum atomic E-state index is 12.3. The SMILES string of the molecule is O=C(CCN1CCCC2CCCCC21)N1CCNCC1. The first-order valence-corrected chi connectivity index (χ1v) is 8.57. The summed E-state index contributed by atoms with van der Waals surface area (Å²) in [5.74, 6) is 1.29. The lowest BCUT2D eigenvalue weighted by Crippen LogP contribution is -2.49. The number of amides is 1. The summed E-state index contributed by atoms with van der Waals surface area (Å²) in [7, 11) is 0. The van der Waals surface area contributed by atoms with Crippen molar-refractivity contribution >= 4 is 5.91 Å². The van der Waals surface area contributed by atoms with Gasteiger partial charge in [-0.2, -0.15) is 0 Å². The number of carbonyl (C=O) groups is 1. The van der Waals surface area contributed by atoms with Gasteiger partial charge in [-0.15, -0.1) is 0 Å². The Hall–Kier alpha value is -0.610. The van der Waals surface area contributed by atoms with Crippen LogP contribution >= 0.6 is 0 Å². The van der Waals surface area contributed by atoms with Crippen LogP contribution in [0, 0.1) is 5.92 Å². The second-order valence-corrected chi connectivity index (χ2v) is 6.67. The normalized spacial score (nSPS) is 31.9. The third-order valence-electron chi connectivity index (χ3n) is 5.44. The molecule has 2 atom stereocenters. The van der Waals surface area contributed by atoms with Crippen molar-refractivity contribution in [3.8, 4) is 0 Å². The molecule has 0 spiro atoms. The predicted molar refractivity (Wildman–Crippen MR) is 80.6 cm³/mol. The summed E-state index contributed by atoms with van der Waals surface area (Å²) < 4.78 is 0. The van der Waals surface area contributed by atoms with Crippen molar-refractivity contribution in [2.45, 2.75) is 51.0 Å². The maximum absolute atomic E-state index is 12.3. The first kappa shape index (κ1) is 14.3. The van der Waals surface area contributed by atoms with Gasteiger partial charge in [0.05, 0.1) is 0 Å². The lowest BCUT2D eigenvalue weighted by molar-refractivity contribution is -0.132. The topological polar surface area (TPSA) is 35.6 Å². The molecule has 0 aromatic heterocycles. The van der Waals surface area contributed by atoms with Crippen molar-refractivity contribution in [2.75, 3.05) is 39.3 Å². The molecule has 4 heteroatoms. The van der Waals surface area contributed by atoms with E-state index in [-0.39, 0.29) is 0 Å². The number of likely N-dealkylation sites (tertiary alicyclic amines) is 1. The Morgan fingerprint density at radius 2 is 1.75 bits per heavy atom. The van der Waals surface area contributed by atoms with Crippen LogP contribution in [0.25, 0.3) is 0 Å². The van der Waals surface area contributed by atoms with Crippen LogP contribution < -0.4 is 5.32 Å². The van der Waals surface area contributed by atoms with Gasteiger partial charge < -0.3 is 10.2 Å². The minimum Gasteiger partial charge on any atom is -0.340 e. The molecule has 20 heavy (non-hydrogen) atoms. The molecule has 1 saturated carbocycles. The largest absolute Gasteiger partial charge is 0.340 e. The first-order chi connectivity index (χ1) is 9.84. The van der Waals surface area contributed by atoms with Crippen LogP contribution in [0.5, 0.6) is 0 Å². The van der Waals surface area contributed by atoms with Gasteiger partial charge in [0.15, 0.2) is 0 Å². The molecule has 0 radical (unpaired) electrons. The Morgan fingerprint density at radius 3 is 2.60 bits per heavy atom. The highest BCUT2D eigenvalue weighted by atomic mass is 16.2. The maximum Gasteiger partial charge on any atom is 0.223 e. The molecule has 0 bridgehead atoms. The zero-order valence-corrected chi connectivity index (χ0v) is 12.6. The number of nitrogens with one attached hydrogen (secondary N) is 1. The molecule has 1 aliphatic carbocycles.